The largest absolute Gasteiger partial charge is 0.508 e. The second-order valence-electron chi connectivity index (χ2n) is 6.08. The lowest BCUT2D eigenvalue weighted by Gasteiger charge is -2.10. The highest BCUT2D eigenvalue weighted by Crippen LogP contribution is 2.28. The third-order valence-corrected chi connectivity index (χ3v) is 4.11. The van der Waals surface area contributed by atoms with Crippen molar-refractivity contribution in [1.29, 1.82) is 0 Å². The van der Waals surface area contributed by atoms with E-state index >= 15 is 0 Å². The molecule has 4 aromatic rings. The van der Waals surface area contributed by atoms with Gasteiger partial charge in [-0.3, -0.25) is 4.98 Å². The maximum absolute atomic E-state index is 13.8. The highest BCUT2D eigenvalue weighted by Gasteiger charge is 2.19. The van der Waals surface area contributed by atoms with Crippen LogP contribution < -0.4 is 10.5 Å². The molecule has 0 saturated carbocycles. The third kappa shape index (κ3) is 3.29. The number of phenols is 1. The maximum atomic E-state index is 13.8. The van der Waals surface area contributed by atoms with Crippen LogP contribution in [0.5, 0.6) is 11.8 Å². The van der Waals surface area contributed by atoms with Crippen LogP contribution in [0.2, 0.25) is 0 Å². The highest BCUT2D eigenvalue weighted by atomic mass is 19.1. The molecule has 0 aliphatic rings. The number of pyridine rings is 1. The summed E-state index contributed by atoms with van der Waals surface area (Å²) in [6.07, 6.45) is 2.64. The average Bonchev–Trinajstić information content (AvgIpc) is 3.03. The number of imidazole rings is 1. The Labute approximate surface area is 159 Å². The highest BCUT2D eigenvalue weighted by molar-refractivity contribution is 5.85. The first-order valence-electron chi connectivity index (χ1n) is 8.60. The standard InChI is InChI=1S/C19H17FN6O2/c1-2-28-19-24-16(21)15-18(25-19)26(10-11-3-5-14(27)6-4-11)17(23-15)12-7-13(20)9-22-8-12/h3-9,27H,2,10H2,1H3,(H2,21,24,25). The molecule has 9 heteroatoms. The summed E-state index contributed by atoms with van der Waals surface area (Å²) in [5, 5.41) is 9.53. The predicted molar refractivity (Wildman–Crippen MR) is 101 cm³/mol. The zero-order valence-corrected chi connectivity index (χ0v) is 15.0. The summed E-state index contributed by atoms with van der Waals surface area (Å²) in [6, 6.07) is 8.23. The summed E-state index contributed by atoms with van der Waals surface area (Å²) < 4.78 is 20.9. The van der Waals surface area contributed by atoms with Crippen LogP contribution in [-0.2, 0) is 6.54 Å². The number of halogens is 1. The van der Waals surface area contributed by atoms with Crippen molar-refractivity contribution in [3.63, 3.8) is 0 Å². The number of aromatic nitrogens is 5. The smallest absolute Gasteiger partial charge is 0.320 e. The second kappa shape index (κ2) is 7.10. The Bertz CT molecular complexity index is 1140. The van der Waals surface area contributed by atoms with Crippen LogP contribution in [0, 0.1) is 5.82 Å². The molecule has 142 valence electrons. The predicted octanol–water partition coefficient (Wildman–Crippen LogP) is 2.76. The van der Waals surface area contributed by atoms with E-state index in [1.807, 2.05) is 6.92 Å². The molecule has 0 atom stereocenters. The van der Waals surface area contributed by atoms with Gasteiger partial charge in [-0.15, -0.1) is 0 Å². The molecule has 0 amide bonds. The first-order chi connectivity index (χ1) is 13.5. The van der Waals surface area contributed by atoms with Crippen molar-refractivity contribution in [2.75, 3.05) is 12.3 Å². The van der Waals surface area contributed by atoms with E-state index in [9.17, 15) is 9.50 Å². The number of anilines is 1. The van der Waals surface area contributed by atoms with Crippen molar-refractivity contribution in [1.82, 2.24) is 24.5 Å². The van der Waals surface area contributed by atoms with Gasteiger partial charge < -0.3 is 20.1 Å². The Kier molecular flexibility index (Phi) is 4.48. The van der Waals surface area contributed by atoms with Crippen LogP contribution in [0.1, 0.15) is 12.5 Å². The number of fused-ring (bicyclic) bond motifs is 1. The molecular weight excluding hydrogens is 363 g/mol. The van der Waals surface area contributed by atoms with Crippen molar-refractivity contribution in [3.05, 3.63) is 54.1 Å². The van der Waals surface area contributed by atoms with E-state index in [0.29, 0.717) is 35.7 Å². The number of rotatable bonds is 5. The molecule has 3 N–H and O–H groups in total. The normalized spacial score (nSPS) is 11.1. The van der Waals surface area contributed by atoms with Crippen LogP contribution in [0.15, 0.2) is 42.7 Å². The molecule has 3 heterocycles. The minimum absolute atomic E-state index is 0.142. The Morgan fingerprint density at radius 2 is 1.93 bits per heavy atom. The average molecular weight is 380 g/mol. The molecule has 1 aromatic carbocycles. The lowest BCUT2D eigenvalue weighted by molar-refractivity contribution is 0.314. The topological polar surface area (TPSA) is 112 Å². The summed E-state index contributed by atoms with van der Waals surface area (Å²) in [4.78, 5) is 17.0. The van der Waals surface area contributed by atoms with Gasteiger partial charge in [0, 0.05) is 11.8 Å². The van der Waals surface area contributed by atoms with E-state index < -0.39 is 5.82 Å². The SMILES string of the molecule is CCOc1nc(N)c2nc(-c3cncc(F)c3)n(Cc3ccc(O)cc3)c2n1. The first-order valence-corrected chi connectivity index (χ1v) is 8.60. The van der Waals surface area contributed by atoms with E-state index in [0.717, 1.165) is 11.8 Å². The number of hydrogen-bond acceptors (Lipinski definition) is 7. The molecule has 0 saturated heterocycles. The summed E-state index contributed by atoms with van der Waals surface area (Å²) in [5.41, 5.74) is 8.28. The number of ether oxygens (including phenoxy) is 1. The minimum atomic E-state index is -0.477. The van der Waals surface area contributed by atoms with Crippen molar-refractivity contribution >= 4 is 17.0 Å². The maximum Gasteiger partial charge on any atom is 0.320 e. The van der Waals surface area contributed by atoms with Crippen molar-refractivity contribution in [2.45, 2.75) is 13.5 Å². The number of nitrogens with zero attached hydrogens (tertiary/aromatic N) is 5. The number of nitrogens with two attached hydrogens (primary N) is 1. The van der Waals surface area contributed by atoms with Gasteiger partial charge in [-0.25, -0.2) is 9.37 Å². The third-order valence-electron chi connectivity index (χ3n) is 4.11. The molecule has 0 unspecified atom stereocenters. The molecular formula is C19H17FN6O2. The number of benzene rings is 1. The zero-order valence-electron chi connectivity index (χ0n) is 15.0. The first kappa shape index (κ1) is 17.7. The molecule has 28 heavy (non-hydrogen) atoms. The van der Waals surface area contributed by atoms with Gasteiger partial charge >= 0.3 is 6.01 Å². The zero-order chi connectivity index (χ0) is 19.7. The molecule has 0 radical (unpaired) electrons. The molecule has 0 aliphatic heterocycles. The van der Waals surface area contributed by atoms with Gasteiger partial charge in [0.1, 0.15) is 17.4 Å². The fourth-order valence-corrected chi connectivity index (χ4v) is 2.88. The van der Waals surface area contributed by atoms with Gasteiger partial charge in [-0.2, -0.15) is 9.97 Å². The van der Waals surface area contributed by atoms with E-state index in [-0.39, 0.29) is 17.6 Å². The molecule has 8 nitrogen and oxygen atoms in total. The summed E-state index contributed by atoms with van der Waals surface area (Å²) >= 11 is 0. The Balaban J connectivity index is 1.93. The van der Waals surface area contributed by atoms with E-state index in [2.05, 4.69) is 19.9 Å². The Morgan fingerprint density at radius 1 is 1.14 bits per heavy atom. The summed E-state index contributed by atoms with van der Waals surface area (Å²) in [5.74, 6) is 0.307. The summed E-state index contributed by atoms with van der Waals surface area (Å²) in [6.45, 7) is 2.57. The van der Waals surface area contributed by atoms with E-state index in [1.54, 1.807) is 28.8 Å². The van der Waals surface area contributed by atoms with Gasteiger partial charge in [0.25, 0.3) is 0 Å². The Hall–Kier alpha value is -3.75. The van der Waals surface area contributed by atoms with Crippen molar-refractivity contribution in [2.24, 2.45) is 0 Å². The van der Waals surface area contributed by atoms with Crippen LogP contribution in [0.4, 0.5) is 10.2 Å². The molecule has 3 aromatic heterocycles. The van der Waals surface area contributed by atoms with Gasteiger partial charge in [-0.1, -0.05) is 12.1 Å². The fourth-order valence-electron chi connectivity index (χ4n) is 2.88. The van der Waals surface area contributed by atoms with Gasteiger partial charge in [-0.05, 0) is 30.7 Å². The van der Waals surface area contributed by atoms with Crippen LogP contribution >= 0.6 is 0 Å². The molecule has 0 spiro atoms. The van der Waals surface area contributed by atoms with Crippen LogP contribution in [0.3, 0.4) is 0 Å². The monoisotopic (exact) mass is 380 g/mol. The van der Waals surface area contributed by atoms with Crippen molar-refractivity contribution in [3.8, 4) is 23.1 Å². The van der Waals surface area contributed by atoms with Gasteiger partial charge in [0.05, 0.1) is 19.3 Å². The van der Waals surface area contributed by atoms with E-state index in [1.165, 1.54) is 12.3 Å². The molecule has 0 fully saturated rings. The molecule has 0 aliphatic carbocycles. The van der Waals surface area contributed by atoms with Gasteiger partial charge in [0.15, 0.2) is 17.0 Å². The fraction of sp³-hybridized carbons (Fsp3) is 0.158. The summed E-state index contributed by atoms with van der Waals surface area (Å²) in [7, 11) is 0. The minimum Gasteiger partial charge on any atom is -0.508 e. The lowest BCUT2D eigenvalue weighted by atomic mass is 10.2. The quantitative estimate of drug-likeness (QED) is 0.547. The van der Waals surface area contributed by atoms with Crippen molar-refractivity contribution < 1.29 is 14.2 Å². The number of nitrogen functional groups attached to an aromatic ring is 1. The number of phenolic OH excluding ortho intramolecular Hbond substituents is 1. The van der Waals surface area contributed by atoms with Gasteiger partial charge in [0.2, 0.25) is 0 Å². The Morgan fingerprint density at radius 3 is 2.64 bits per heavy atom. The number of hydrogen-bond donors (Lipinski definition) is 2. The second-order valence-corrected chi connectivity index (χ2v) is 6.08. The molecule has 4 rings (SSSR count). The lowest BCUT2D eigenvalue weighted by Crippen LogP contribution is -2.06. The van der Waals surface area contributed by atoms with Crippen LogP contribution in [-0.4, -0.2) is 36.2 Å². The molecule has 0 bridgehead atoms. The van der Waals surface area contributed by atoms with E-state index in [4.69, 9.17) is 10.5 Å². The van der Waals surface area contributed by atoms with Crippen LogP contribution in [0.25, 0.3) is 22.6 Å². The number of aromatic hydroxyl groups is 1.